The quantitative estimate of drug-likeness (QED) is 0.618. The van der Waals surface area contributed by atoms with Gasteiger partial charge < -0.3 is 9.47 Å². The maximum atomic E-state index is 5.52. The highest BCUT2D eigenvalue weighted by molar-refractivity contribution is 4.89. The van der Waals surface area contributed by atoms with E-state index in [0.29, 0.717) is 12.1 Å². The Bertz CT molecular complexity index is 182. The molecule has 0 bridgehead atoms. The molecule has 3 nitrogen and oxygen atoms in total. The first kappa shape index (κ1) is 10.5. The van der Waals surface area contributed by atoms with Gasteiger partial charge in [0.25, 0.3) is 0 Å². The SMILES string of the molecule is C=C(CN1CC(C)OCC1C)OC. The lowest BCUT2D eigenvalue weighted by Crippen LogP contribution is -2.47. The van der Waals surface area contributed by atoms with E-state index in [1.54, 1.807) is 7.11 Å². The van der Waals surface area contributed by atoms with Crippen molar-refractivity contribution in [1.29, 1.82) is 0 Å². The van der Waals surface area contributed by atoms with Crippen LogP contribution in [0.1, 0.15) is 13.8 Å². The fraction of sp³-hybridized carbons (Fsp3) is 0.800. The average Bonchev–Trinajstić information content (AvgIpc) is 2.11. The van der Waals surface area contributed by atoms with Crippen LogP contribution in [0, 0.1) is 0 Å². The molecule has 3 heteroatoms. The number of ether oxygens (including phenoxy) is 2. The van der Waals surface area contributed by atoms with Gasteiger partial charge in [0.2, 0.25) is 0 Å². The smallest absolute Gasteiger partial charge is 0.102 e. The van der Waals surface area contributed by atoms with Crippen LogP contribution < -0.4 is 0 Å². The molecule has 0 aliphatic carbocycles. The van der Waals surface area contributed by atoms with Gasteiger partial charge in [0, 0.05) is 12.6 Å². The van der Waals surface area contributed by atoms with Crippen LogP contribution in [0.15, 0.2) is 12.3 Å². The van der Waals surface area contributed by atoms with Crippen molar-refractivity contribution in [3.63, 3.8) is 0 Å². The van der Waals surface area contributed by atoms with Crippen molar-refractivity contribution in [3.05, 3.63) is 12.3 Å². The van der Waals surface area contributed by atoms with Crippen LogP contribution in [0.25, 0.3) is 0 Å². The molecule has 76 valence electrons. The van der Waals surface area contributed by atoms with Crippen LogP contribution in [0.4, 0.5) is 0 Å². The Morgan fingerprint density at radius 3 is 2.92 bits per heavy atom. The molecule has 0 aromatic rings. The molecule has 2 unspecified atom stereocenters. The van der Waals surface area contributed by atoms with Crippen molar-refractivity contribution >= 4 is 0 Å². The highest BCUT2D eigenvalue weighted by atomic mass is 16.5. The molecule has 1 heterocycles. The summed E-state index contributed by atoms with van der Waals surface area (Å²) in [6.07, 6.45) is 0.320. The third-order valence-corrected chi connectivity index (χ3v) is 2.41. The Morgan fingerprint density at radius 2 is 2.31 bits per heavy atom. The molecular weight excluding hydrogens is 166 g/mol. The zero-order valence-electron chi connectivity index (χ0n) is 8.75. The third kappa shape index (κ3) is 3.01. The van der Waals surface area contributed by atoms with Crippen LogP contribution in [0.5, 0.6) is 0 Å². The molecule has 0 N–H and O–H groups in total. The van der Waals surface area contributed by atoms with Gasteiger partial charge >= 0.3 is 0 Å². The summed E-state index contributed by atoms with van der Waals surface area (Å²) in [5, 5.41) is 0. The fourth-order valence-electron chi connectivity index (χ4n) is 1.48. The summed E-state index contributed by atoms with van der Waals surface area (Å²) in [7, 11) is 1.66. The van der Waals surface area contributed by atoms with Crippen molar-refractivity contribution in [2.45, 2.75) is 26.0 Å². The first-order valence-electron chi connectivity index (χ1n) is 4.71. The minimum Gasteiger partial charge on any atom is -0.500 e. The molecule has 0 aromatic carbocycles. The Morgan fingerprint density at radius 1 is 1.62 bits per heavy atom. The Hall–Kier alpha value is -0.540. The van der Waals surface area contributed by atoms with Crippen molar-refractivity contribution in [3.8, 4) is 0 Å². The number of morpholine rings is 1. The molecular formula is C10H19NO2. The molecule has 13 heavy (non-hydrogen) atoms. The lowest BCUT2D eigenvalue weighted by atomic mass is 10.2. The molecule has 0 spiro atoms. The van der Waals surface area contributed by atoms with E-state index in [1.807, 2.05) is 0 Å². The van der Waals surface area contributed by atoms with Crippen LogP contribution in [-0.4, -0.2) is 43.9 Å². The lowest BCUT2D eigenvalue weighted by Gasteiger charge is -2.36. The minimum absolute atomic E-state index is 0.320. The molecule has 1 aliphatic heterocycles. The molecule has 1 saturated heterocycles. The van der Waals surface area contributed by atoms with Gasteiger partial charge in [0.1, 0.15) is 5.76 Å². The zero-order chi connectivity index (χ0) is 9.84. The Balaban J connectivity index is 2.41. The molecule has 0 saturated carbocycles. The minimum atomic E-state index is 0.320. The molecule has 0 radical (unpaired) electrons. The van der Waals surface area contributed by atoms with Crippen molar-refractivity contribution in [1.82, 2.24) is 4.90 Å². The average molecular weight is 185 g/mol. The largest absolute Gasteiger partial charge is 0.500 e. The summed E-state index contributed by atoms with van der Waals surface area (Å²) in [6.45, 7) is 10.7. The predicted octanol–water partition coefficient (Wildman–Crippen LogP) is 1.26. The van der Waals surface area contributed by atoms with Crippen molar-refractivity contribution in [2.75, 3.05) is 26.8 Å². The van der Waals surface area contributed by atoms with Gasteiger partial charge in [0.15, 0.2) is 0 Å². The van der Waals surface area contributed by atoms with E-state index in [2.05, 4.69) is 25.3 Å². The molecule has 1 fully saturated rings. The normalized spacial score (nSPS) is 30.1. The second kappa shape index (κ2) is 4.63. The second-order valence-corrected chi connectivity index (χ2v) is 3.67. The maximum absolute atomic E-state index is 5.52. The summed E-state index contributed by atoms with van der Waals surface area (Å²) in [5.41, 5.74) is 0. The summed E-state index contributed by atoms with van der Waals surface area (Å²) >= 11 is 0. The molecule has 1 rings (SSSR count). The summed E-state index contributed by atoms with van der Waals surface area (Å²) in [5.74, 6) is 0.820. The third-order valence-electron chi connectivity index (χ3n) is 2.41. The second-order valence-electron chi connectivity index (χ2n) is 3.67. The van der Waals surface area contributed by atoms with E-state index >= 15 is 0 Å². The highest BCUT2D eigenvalue weighted by Crippen LogP contribution is 2.12. The lowest BCUT2D eigenvalue weighted by molar-refractivity contribution is -0.0491. The van der Waals surface area contributed by atoms with Gasteiger partial charge in [-0.25, -0.2) is 0 Å². The number of hydrogen-bond acceptors (Lipinski definition) is 3. The molecule has 0 aromatic heterocycles. The van der Waals surface area contributed by atoms with Crippen molar-refractivity contribution in [2.24, 2.45) is 0 Å². The molecule has 2 atom stereocenters. The zero-order valence-corrected chi connectivity index (χ0v) is 8.75. The standard InChI is InChI=1S/C10H19NO2/c1-8-7-13-10(3)6-11(8)5-9(2)12-4/h8,10H,2,5-7H2,1,3-4H3. The monoisotopic (exact) mass is 185 g/mol. The number of nitrogens with zero attached hydrogens (tertiary/aromatic N) is 1. The topological polar surface area (TPSA) is 21.7 Å². The van der Waals surface area contributed by atoms with Crippen LogP contribution in [0.2, 0.25) is 0 Å². The highest BCUT2D eigenvalue weighted by Gasteiger charge is 2.23. The number of hydrogen-bond donors (Lipinski definition) is 0. The number of methoxy groups -OCH3 is 1. The predicted molar refractivity (Wildman–Crippen MR) is 52.6 cm³/mol. The fourth-order valence-corrected chi connectivity index (χ4v) is 1.48. The van der Waals surface area contributed by atoms with E-state index in [-0.39, 0.29) is 0 Å². The van der Waals surface area contributed by atoms with E-state index in [9.17, 15) is 0 Å². The van der Waals surface area contributed by atoms with Crippen molar-refractivity contribution < 1.29 is 9.47 Å². The van der Waals surface area contributed by atoms with Crippen LogP contribution in [0.3, 0.4) is 0 Å². The van der Waals surface area contributed by atoms with E-state index in [4.69, 9.17) is 9.47 Å². The van der Waals surface area contributed by atoms with Crippen LogP contribution in [-0.2, 0) is 9.47 Å². The molecule has 0 amide bonds. The van der Waals surface area contributed by atoms with E-state index < -0.39 is 0 Å². The van der Waals surface area contributed by atoms with Gasteiger partial charge in [-0.15, -0.1) is 0 Å². The van der Waals surface area contributed by atoms with E-state index in [0.717, 1.165) is 25.5 Å². The molecule has 1 aliphatic rings. The Kier molecular flexibility index (Phi) is 3.75. The maximum Gasteiger partial charge on any atom is 0.102 e. The van der Waals surface area contributed by atoms with Gasteiger partial charge in [-0.3, -0.25) is 4.90 Å². The van der Waals surface area contributed by atoms with E-state index in [1.165, 1.54) is 0 Å². The number of rotatable bonds is 3. The van der Waals surface area contributed by atoms with Gasteiger partial charge in [-0.05, 0) is 13.8 Å². The first-order valence-corrected chi connectivity index (χ1v) is 4.71. The van der Waals surface area contributed by atoms with Crippen LogP contribution >= 0.6 is 0 Å². The van der Waals surface area contributed by atoms with Gasteiger partial charge in [0.05, 0.1) is 26.4 Å². The Labute approximate surface area is 80.3 Å². The van der Waals surface area contributed by atoms with Gasteiger partial charge in [-0.1, -0.05) is 6.58 Å². The summed E-state index contributed by atoms with van der Waals surface area (Å²) in [4.78, 5) is 2.33. The summed E-state index contributed by atoms with van der Waals surface area (Å²) in [6, 6.07) is 0.461. The first-order chi connectivity index (χ1) is 6.13. The summed E-state index contributed by atoms with van der Waals surface area (Å²) < 4.78 is 10.6. The van der Waals surface area contributed by atoms with Gasteiger partial charge in [-0.2, -0.15) is 0 Å².